The number of carbonyl (C=O) groups excluding carboxylic acids is 1. The quantitative estimate of drug-likeness (QED) is 0.277. The number of nitrogens with one attached hydrogen (secondary N) is 1. The molecule has 1 unspecified atom stereocenters. The van der Waals surface area contributed by atoms with Crippen molar-refractivity contribution in [3.05, 3.63) is 0 Å². The minimum Gasteiger partial charge on any atom is -0.277 e. The smallest absolute Gasteiger partial charge is 0.230 e. The van der Waals surface area contributed by atoms with Gasteiger partial charge in [-0.3, -0.25) is 9.63 Å². The van der Waals surface area contributed by atoms with E-state index < -0.39 is 0 Å². The van der Waals surface area contributed by atoms with Crippen LogP contribution in [0.4, 0.5) is 0 Å². The fraction of sp³-hybridized carbons (Fsp3) is 0.833. The highest BCUT2D eigenvalue weighted by Gasteiger charge is 1.99. The number of hydrogen-bond donors (Lipinski definition) is 1. The predicted molar refractivity (Wildman–Crippen MR) is 39.7 cm³/mol. The van der Waals surface area contributed by atoms with Gasteiger partial charge < -0.3 is 0 Å². The maximum absolute atomic E-state index is 9.65. The highest BCUT2D eigenvalue weighted by Crippen LogP contribution is 2.04. The lowest BCUT2D eigenvalue weighted by molar-refractivity contribution is -0.120. The molecule has 0 aromatic carbocycles. The van der Waals surface area contributed by atoms with Crippen LogP contribution in [-0.2, 0) is 9.63 Å². The molecule has 1 amide bonds. The van der Waals surface area contributed by atoms with E-state index >= 15 is 0 Å². The van der Waals surface area contributed by atoms with Gasteiger partial charge in [0, 0.05) is 5.38 Å². The van der Waals surface area contributed by atoms with E-state index in [1.165, 1.54) is 0 Å². The molecule has 0 aliphatic heterocycles. The Balaban J connectivity index is 2.95. The van der Waals surface area contributed by atoms with Crippen molar-refractivity contribution in [2.75, 3.05) is 6.61 Å². The molecule has 0 radical (unpaired) electrons. The van der Waals surface area contributed by atoms with Crippen molar-refractivity contribution in [1.29, 1.82) is 0 Å². The molecule has 0 aromatic rings. The van der Waals surface area contributed by atoms with Gasteiger partial charge in [-0.15, -0.1) is 11.6 Å². The molecule has 4 heteroatoms. The van der Waals surface area contributed by atoms with Gasteiger partial charge in [0.1, 0.15) is 0 Å². The van der Waals surface area contributed by atoms with Gasteiger partial charge in [-0.05, 0) is 12.8 Å². The Hall–Kier alpha value is -0.280. The second kappa shape index (κ2) is 6.83. The number of alkyl halides is 1. The Morgan fingerprint density at radius 3 is 3.00 bits per heavy atom. The monoisotopic (exact) mass is 165 g/mol. The second-order valence-electron chi connectivity index (χ2n) is 1.88. The summed E-state index contributed by atoms with van der Waals surface area (Å²) in [5.74, 6) is 0. The van der Waals surface area contributed by atoms with Crippen molar-refractivity contribution in [3.63, 3.8) is 0 Å². The number of carbonyl (C=O) groups is 1. The van der Waals surface area contributed by atoms with Gasteiger partial charge in [0.25, 0.3) is 0 Å². The normalized spacial score (nSPS) is 12.6. The Bertz CT molecular complexity index is 89.8. The lowest BCUT2D eigenvalue weighted by Gasteiger charge is -2.04. The zero-order valence-corrected chi connectivity index (χ0v) is 6.73. The van der Waals surface area contributed by atoms with Crippen LogP contribution in [0.2, 0.25) is 0 Å². The molecular formula is C6H12ClNO2. The third kappa shape index (κ3) is 5.85. The Labute approximate surface area is 65.6 Å². The molecule has 0 aliphatic carbocycles. The van der Waals surface area contributed by atoms with Crippen LogP contribution in [0.5, 0.6) is 0 Å². The SMILES string of the molecule is CCC(Cl)CCONC=O. The zero-order valence-electron chi connectivity index (χ0n) is 5.97. The number of hydroxylamine groups is 1. The zero-order chi connectivity index (χ0) is 7.82. The van der Waals surface area contributed by atoms with Crippen LogP contribution < -0.4 is 5.48 Å². The first-order valence-corrected chi connectivity index (χ1v) is 3.70. The van der Waals surface area contributed by atoms with Gasteiger partial charge in [-0.2, -0.15) is 0 Å². The van der Waals surface area contributed by atoms with Crippen LogP contribution in [-0.4, -0.2) is 18.4 Å². The first-order valence-electron chi connectivity index (χ1n) is 3.26. The summed E-state index contributed by atoms with van der Waals surface area (Å²) < 4.78 is 0. The lowest BCUT2D eigenvalue weighted by Crippen LogP contribution is -2.14. The molecule has 1 N–H and O–H groups in total. The number of halogens is 1. The van der Waals surface area contributed by atoms with Crippen LogP contribution in [0.1, 0.15) is 19.8 Å². The van der Waals surface area contributed by atoms with Crippen molar-refractivity contribution >= 4 is 18.0 Å². The summed E-state index contributed by atoms with van der Waals surface area (Å²) >= 11 is 5.75. The fourth-order valence-electron chi connectivity index (χ4n) is 0.484. The van der Waals surface area contributed by atoms with Crippen LogP contribution in [0.3, 0.4) is 0 Å². The summed E-state index contributed by atoms with van der Waals surface area (Å²) in [6.45, 7) is 2.48. The summed E-state index contributed by atoms with van der Waals surface area (Å²) in [5, 5.41) is 0.147. The minimum absolute atomic E-state index is 0.147. The van der Waals surface area contributed by atoms with Gasteiger partial charge >= 0.3 is 0 Å². The van der Waals surface area contributed by atoms with Crippen molar-refractivity contribution in [3.8, 4) is 0 Å². The summed E-state index contributed by atoms with van der Waals surface area (Å²) in [7, 11) is 0. The first kappa shape index (κ1) is 9.72. The molecule has 0 saturated carbocycles. The topological polar surface area (TPSA) is 38.3 Å². The van der Waals surface area contributed by atoms with E-state index in [0.29, 0.717) is 13.0 Å². The van der Waals surface area contributed by atoms with Gasteiger partial charge in [0.2, 0.25) is 6.41 Å². The second-order valence-corrected chi connectivity index (χ2v) is 2.50. The molecule has 3 nitrogen and oxygen atoms in total. The molecule has 0 rings (SSSR count). The van der Waals surface area contributed by atoms with E-state index in [1.54, 1.807) is 0 Å². The van der Waals surface area contributed by atoms with E-state index in [0.717, 1.165) is 12.8 Å². The highest BCUT2D eigenvalue weighted by atomic mass is 35.5. The molecule has 0 spiro atoms. The van der Waals surface area contributed by atoms with Crippen LogP contribution in [0.15, 0.2) is 0 Å². The standard InChI is InChI=1S/C6H12ClNO2/c1-2-6(7)3-4-10-8-5-9/h5-6H,2-4H2,1H3,(H,8,9). The Kier molecular flexibility index (Phi) is 6.64. The third-order valence-electron chi connectivity index (χ3n) is 1.11. The van der Waals surface area contributed by atoms with E-state index in [1.807, 2.05) is 6.92 Å². The van der Waals surface area contributed by atoms with Gasteiger partial charge in [0.05, 0.1) is 6.61 Å². The molecule has 0 heterocycles. The average molecular weight is 166 g/mol. The fourth-order valence-corrected chi connectivity index (χ4v) is 0.573. The molecule has 0 bridgehead atoms. The van der Waals surface area contributed by atoms with Crippen LogP contribution in [0, 0.1) is 0 Å². The largest absolute Gasteiger partial charge is 0.277 e. The molecular weight excluding hydrogens is 154 g/mol. The van der Waals surface area contributed by atoms with Crippen molar-refractivity contribution in [1.82, 2.24) is 5.48 Å². The molecule has 60 valence electrons. The summed E-state index contributed by atoms with van der Waals surface area (Å²) in [6.07, 6.45) is 2.18. The van der Waals surface area contributed by atoms with E-state index in [2.05, 4.69) is 10.3 Å². The lowest BCUT2D eigenvalue weighted by atomic mass is 10.2. The highest BCUT2D eigenvalue weighted by molar-refractivity contribution is 6.20. The van der Waals surface area contributed by atoms with Gasteiger partial charge in [-0.25, -0.2) is 5.48 Å². The molecule has 0 saturated heterocycles. The molecule has 10 heavy (non-hydrogen) atoms. The first-order chi connectivity index (χ1) is 4.81. The van der Waals surface area contributed by atoms with Crippen molar-refractivity contribution < 1.29 is 9.63 Å². The predicted octanol–water partition coefficient (Wildman–Crippen LogP) is 1.07. The van der Waals surface area contributed by atoms with Crippen LogP contribution in [0.25, 0.3) is 0 Å². The van der Waals surface area contributed by atoms with Crippen molar-refractivity contribution in [2.45, 2.75) is 25.1 Å². The molecule has 0 aliphatic rings. The van der Waals surface area contributed by atoms with Gasteiger partial charge in [-0.1, -0.05) is 6.92 Å². The summed E-state index contributed by atoms with van der Waals surface area (Å²) in [5.41, 5.74) is 2.09. The average Bonchev–Trinajstić information content (AvgIpc) is 1.98. The summed E-state index contributed by atoms with van der Waals surface area (Å²) in [6, 6.07) is 0. The molecule has 0 aromatic heterocycles. The molecule has 0 fully saturated rings. The maximum Gasteiger partial charge on any atom is 0.230 e. The number of rotatable bonds is 6. The molecule has 1 atom stereocenters. The van der Waals surface area contributed by atoms with Crippen molar-refractivity contribution in [2.24, 2.45) is 0 Å². The van der Waals surface area contributed by atoms with E-state index in [9.17, 15) is 4.79 Å². The summed E-state index contributed by atoms with van der Waals surface area (Å²) in [4.78, 5) is 14.3. The Morgan fingerprint density at radius 2 is 2.50 bits per heavy atom. The number of hydrogen-bond acceptors (Lipinski definition) is 2. The minimum atomic E-state index is 0.147. The Morgan fingerprint density at radius 1 is 1.80 bits per heavy atom. The third-order valence-corrected chi connectivity index (χ3v) is 1.63. The van der Waals surface area contributed by atoms with E-state index in [-0.39, 0.29) is 5.38 Å². The maximum atomic E-state index is 9.65. The van der Waals surface area contributed by atoms with E-state index in [4.69, 9.17) is 11.6 Å². The van der Waals surface area contributed by atoms with Crippen LogP contribution >= 0.6 is 11.6 Å². The van der Waals surface area contributed by atoms with Gasteiger partial charge in [0.15, 0.2) is 0 Å². The number of amides is 1.